The molecule has 0 aromatic heterocycles. The molecule has 0 heterocycles. The number of rotatable bonds is 2. The second-order valence-corrected chi connectivity index (χ2v) is 3.29. The fourth-order valence-electron chi connectivity index (χ4n) is 1.08. The van der Waals surface area contributed by atoms with E-state index in [1.807, 2.05) is 25.1 Å². The summed E-state index contributed by atoms with van der Waals surface area (Å²) < 4.78 is 0. The highest BCUT2D eigenvalue weighted by molar-refractivity contribution is 5.48. The third kappa shape index (κ3) is 1.70. The van der Waals surface area contributed by atoms with Gasteiger partial charge >= 0.3 is 0 Å². The van der Waals surface area contributed by atoms with Crippen LogP contribution in [0.15, 0.2) is 23.4 Å². The van der Waals surface area contributed by atoms with Gasteiger partial charge in [0.1, 0.15) is 5.69 Å². The van der Waals surface area contributed by atoms with Crippen LogP contribution in [0.3, 0.4) is 0 Å². The molecule has 0 aliphatic heterocycles. The van der Waals surface area contributed by atoms with Crippen LogP contribution in [0.5, 0.6) is 0 Å². The summed E-state index contributed by atoms with van der Waals surface area (Å²) in [5.74, 6) is 0.450. The molecule has 1 aromatic rings. The van der Waals surface area contributed by atoms with Crippen molar-refractivity contribution in [1.29, 1.82) is 0 Å². The second-order valence-electron chi connectivity index (χ2n) is 3.29. The summed E-state index contributed by atoms with van der Waals surface area (Å²) >= 11 is 0. The zero-order valence-electron chi connectivity index (χ0n) is 7.66. The van der Waals surface area contributed by atoms with Crippen LogP contribution in [0, 0.1) is 11.8 Å². The van der Waals surface area contributed by atoms with Gasteiger partial charge in [0.15, 0.2) is 0 Å². The van der Waals surface area contributed by atoms with Gasteiger partial charge in [-0.2, -0.15) is 0 Å². The summed E-state index contributed by atoms with van der Waals surface area (Å²) in [5, 5.41) is 2.96. The number of hydrogen-bond donors (Lipinski definition) is 0. The van der Waals surface area contributed by atoms with Crippen molar-refractivity contribution in [2.45, 2.75) is 26.7 Å². The standard InChI is InChI=1S/C10H13NO/c1-7(2)9-5-4-8(3)10(6-9)11-12/h4-7H,1-3H3. The molecule has 0 aliphatic carbocycles. The highest BCUT2D eigenvalue weighted by atomic mass is 16.3. The molecule has 0 bridgehead atoms. The van der Waals surface area contributed by atoms with Crippen LogP contribution in [0.4, 0.5) is 5.69 Å². The van der Waals surface area contributed by atoms with Gasteiger partial charge in [-0.15, -0.1) is 4.91 Å². The first-order chi connectivity index (χ1) is 5.65. The normalized spacial score (nSPS) is 10.3. The van der Waals surface area contributed by atoms with E-state index >= 15 is 0 Å². The van der Waals surface area contributed by atoms with Gasteiger partial charge in [0.05, 0.1) is 0 Å². The summed E-state index contributed by atoms with van der Waals surface area (Å²) in [4.78, 5) is 10.4. The Labute approximate surface area is 72.6 Å². The fourth-order valence-corrected chi connectivity index (χ4v) is 1.08. The zero-order valence-corrected chi connectivity index (χ0v) is 7.66. The molecule has 0 unspecified atom stereocenters. The van der Waals surface area contributed by atoms with E-state index in [0.717, 1.165) is 11.1 Å². The molecular formula is C10H13NO. The summed E-state index contributed by atoms with van der Waals surface area (Å²) in [6.07, 6.45) is 0. The average molecular weight is 163 g/mol. The molecule has 1 rings (SSSR count). The molecule has 64 valence electrons. The molecule has 0 atom stereocenters. The molecule has 0 radical (unpaired) electrons. The van der Waals surface area contributed by atoms with E-state index in [2.05, 4.69) is 19.0 Å². The third-order valence-electron chi connectivity index (χ3n) is 2.00. The van der Waals surface area contributed by atoms with E-state index < -0.39 is 0 Å². The van der Waals surface area contributed by atoms with Crippen LogP contribution in [0.25, 0.3) is 0 Å². The number of aryl methyl sites for hydroxylation is 1. The Kier molecular flexibility index (Phi) is 2.58. The first kappa shape index (κ1) is 8.91. The smallest absolute Gasteiger partial charge is 0.111 e. The topological polar surface area (TPSA) is 29.4 Å². The minimum absolute atomic E-state index is 0.450. The van der Waals surface area contributed by atoms with Gasteiger partial charge in [0.2, 0.25) is 0 Å². The minimum atomic E-state index is 0.450. The third-order valence-corrected chi connectivity index (χ3v) is 2.00. The van der Waals surface area contributed by atoms with Crippen molar-refractivity contribution in [1.82, 2.24) is 0 Å². The molecule has 0 aliphatic rings. The van der Waals surface area contributed by atoms with E-state index in [1.165, 1.54) is 0 Å². The number of benzene rings is 1. The van der Waals surface area contributed by atoms with E-state index in [1.54, 1.807) is 0 Å². The summed E-state index contributed by atoms with van der Waals surface area (Å²) in [7, 11) is 0. The van der Waals surface area contributed by atoms with Crippen molar-refractivity contribution in [3.63, 3.8) is 0 Å². The maximum absolute atomic E-state index is 10.4. The van der Waals surface area contributed by atoms with Crippen LogP contribution in [0.1, 0.15) is 30.9 Å². The summed E-state index contributed by atoms with van der Waals surface area (Å²) in [6.45, 7) is 6.08. The van der Waals surface area contributed by atoms with Crippen LogP contribution < -0.4 is 0 Å². The Bertz CT molecular complexity index is 292. The summed E-state index contributed by atoms with van der Waals surface area (Å²) in [6, 6.07) is 5.83. The van der Waals surface area contributed by atoms with Crippen molar-refractivity contribution in [2.75, 3.05) is 0 Å². The fraction of sp³-hybridized carbons (Fsp3) is 0.400. The predicted octanol–water partition coefficient (Wildman–Crippen LogP) is 3.52. The maximum Gasteiger partial charge on any atom is 0.111 e. The lowest BCUT2D eigenvalue weighted by atomic mass is 10.0. The van der Waals surface area contributed by atoms with Crippen LogP contribution in [-0.4, -0.2) is 0 Å². The lowest BCUT2D eigenvalue weighted by molar-refractivity contribution is 0.866. The van der Waals surface area contributed by atoms with Gasteiger partial charge in [-0.25, -0.2) is 0 Å². The Morgan fingerprint density at radius 1 is 1.33 bits per heavy atom. The van der Waals surface area contributed by atoms with Gasteiger partial charge in [0, 0.05) is 0 Å². The van der Waals surface area contributed by atoms with Crippen LogP contribution >= 0.6 is 0 Å². The Hall–Kier alpha value is -1.18. The Morgan fingerprint density at radius 2 is 2.00 bits per heavy atom. The van der Waals surface area contributed by atoms with Gasteiger partial charge in [0.25, 0.3) is 0 Å². The lowest BCUT2D eigenvalue weighted by Crippen LogP contribution is -1.86. The molecule has 2 nitrogen and oxygen atoms in total. The van der Waals surface area contributed by atoms with E-state index in [9.17, 15) is 4.91 Å². The van der Waals surface area contributed by atoms with Gasteiger partial charge < -0.3 is 0 Å². The molecule has 12 heavy (non-hydrogen) atoms. The molecule has 1 aromatic carbocycles. The molecule has 0 amide bonds. The van der Waals surface area contributed by atoms with Gasteiger partial charge in [-0.3, -0.25) is 0 Å². The Morgan fingerprint density at radius 3 is 2.50 bits per heavy atom. The van der Waals surface area contributed by atoms with Crippen molar-refractivity contribution in [2.24, 2.45) is 5.18 Å². The van der Waals surface area contributed by atoms with Crippen LogP contribution in [-0.2, 0) is 0 Å². The summed E-state index contributed by atoms with van der Waals surface area (Å²) in [5.41, 5.74) is 2.66. The van der Waals surface area contributed by atoms with Crippen molar-refractivity contribution in [3.8, 4) is 0 Å². The lowest BCUT2D eigenvalue weighted by Gasteiger charge is -2.05. The number of nitroso groups, excluding NO2 is 1. The first-order valence-corrected chi connectivity index (χ1v) is 4.09. The monoisotopic (exact) mass is 163 g/mol. The van der Waals surface area contributed by atoms with Crippen molar-refractivity contribution in [3.05, 3.63) is 34.2 Å². The second kappa shape index (κ2) is 3.48. The largest absolute Gasteiger partial charge is 0.145 e. The predicted molar refractivity (Wildman–Crippen MR) is 50.7 cm³/mol. The minimum Gasteiger partial charge on any atom is -0.145 e. The molecule has 0 fully saturated rings. The molecule has 0 N–H and O–H groups in total. The molecule has 0 saturated carbocycles. The highest BCUT2D eigenvalue weighted by Gasteiger charge is 2.02. The van der Waals surface area contributed by atoms with E-state index in [0.29, 0.717) is 11.6 Å². The molecule has 0 saturated heterocycles. The Balaban J connectivity index is 3.13. The van der Waals surface area contributed by atoms with Gasteiger partial charge in [-0.1, -0.05) is 26.0 Å². The molecule has 2 heteroatoms. The van der Waals surface area contributed by atoms with Crippen molar-refractivity contribution < 1.29 is 0 Å². The molecule has 0 spiro atoms. The zero-order chi connectivity index (χ0) is 9.14. The van der Waals surface area contributed by atoms with E-state index in [-0.39, 0.29) is 0 Å². The number of nitrogens with zero attached hydrogens (tertiary/aromatic N) is 1. The highest BCUT2D eigenvalue weighted by Crippen LogP contribution is 2.23. The van der Waals surface area contributed by atoms with E-state index in [4.69, 9.17) is 0 Å². The van der Waals surface area contributed by atoms with Crippen molar-refractivity contribution >= 4 is 5.69 Å². The first-order valence-electron chi connectivity index (χ1n) is 4.09. The maximum atomic E-state index is 10.4. The molecular weight excluding hydrogens is 150 g/mol. The van der Waals surface area contributed by atoms with Crippen LogP contribution in [0.2, 0.25) is 0 Å². The quantitative estimate of drug-likeness (QED) is 0.613. The number of hydrogen-bond acceptors (Lipinski definition) is 2. The average Bonchev–Trinajstić information content (AvgIpc) is 2.05. The SMILES string of the molecule is Cc1ccc(C(C)C)cc1N=O. The van der Waals surface area contributed by atoms with Gasteiger partial charge in [-0.05, 0) is 35.2 Å².